The van der Waals surface area contributed by atoms with Crippen molar-refractivity contribution in [2.24, 2.45) is 0 Å². The Hall–Kier alpha value is -2.22. The fourth-order valence-electron chi connectivity index (χ4n) is 2.54. The van der Waals surface area contributed by atoms with Crippen molar-refractivity contribution in [2.45, 2.75) is 12.6 Å². The van der Waals surface area contributed by atoms with Crippen LogP contribution >= 0.6 is 11.3 Å². The molecule has 0 saturated carbocycles. The van der Waals surface area contributed by atoms with Crippen LogP contribution in [0, 0.1) is 0 Å². The Labute approximate surface area is 134 Å². The minimum atomic E-state index is -4.54. The summed E-state index contributed by atoms with van der Waals surface area (Å²) in [6, 6.07) is 5.41. The van der Waals surface area contributed by atoms with Gasteiger partial charge in [0.05, 0.1) is 17.7 Å². The predicted octanol–water partition coefficient (Wildman–Crippen LogP) is 4.37. The van der Waals surface area contributed by atoms with E-state index in [-0.39, 0.29) is 11.4 Å². The molecule has 3 rings (SSSR count). The van der Waals surface area contributed by atoms with Crippen molar-refractivity contribution in [3.63, 3.8) is 0 Å². The maximum Gasteiger partial charge on any atom is 0.420 e. The highest BCUT2D eigenvalue weighted by Crippen LogP contribution is 2.42. The molecule has 1 aromatic carbocycles. The molecule has 0 unspecified atom stereocenters. The average molecular weight is 342 g/mol. The molecule has 0 saturated heterocycles. The summed E-state index contributed by atoms with van der Waals surface area (Å²) in [4.78, 5) is 13.6. The van der Waals surface area contributed by atoms with Gasteiger partial charge in [-0.05, 0) is 41.6 Å². The molecule has 0 spiro atoms. The van der Waals surface area contributed by atoms with Crippen LogP contribution in [-0.2, 0) is 12.6 Å². The molecule has 4 nitrogen and oxygen atoms in total. The number of nitrogens with zero attached hydrogens (tertiary/aromatic N) is 1. The summed E-state index contributed by atoms with van der Waals surface area (Å²) in [6.07, 6.45) is -4.06. The molecule has 0 bridgehead atoms. The van der Waals surface area contributed by atoms with E-state index >= 15 is 0 Å². The van der Waals surface area contributed by atoms with Crippen LogP contribution in [0.4, 0.5) is 28.7 Å². The van der Waals surface area contributed by atoms with Crippen molar-refractivity contribution < 1.29 is 22.7 Å². The number of fused-ring (bicyclic) bond motifs is 1. The summed E-state index contributed by atoms with van der Waals surface area (Å²) in [7, 11) is 1.20. The predicted molar refractivity (Wildman–Crippen MR) is 82.4 cm³/mol. The normalized spacial score (nSPS) is 13.8. The van der Waals surface area contributed by atoms with E-state index in [0.717, 1.165) is 6.07 Å². The largest absolute Gasteiger partial charge is 0.496 e. The van der Waals surface area contributed by atoms with Crippen molar-refractivity contribution in [3.05, 3.63) is 40.8 Å². The van der Waals surface area contributed by atoms with Gasteiger partial charge in [-0.15, -0.1) is 11.3 Å². The number of carbonyl (C=O) groups is 1. The lowest BCUT2D eigenvalue weighted by molar-refractivity contribution is -0.138. The molecule has 0 radical (unpaired) electrons. The third-order valence-corrected chi connectivity index (χ3v) is 4.38. The summed E-state index contributed by atoms with van der Waals surface area (Å²) in [5.41, 5.74) is 0.0536. The van der Waals surface area contributed by atoms with Crippen LogP contribution in [0.5, 0.6) is 5.75 Å². The lowest BCUT2D eigenvalue weighted by atomic mass is 10.1. The summed E-state index contributed by atoms with van der Waals surface area (Å²) in [5, 5.41) is 5.14. The third-order valence-electron chi connectivity index (χ3n) is 3.60. The Kier molecular flexibility index (Phi) is 3.93. The fraction of sp³-hybridized carbons (Fsp3) is 0.267. The number of hydrogen-bond acceptors (Lipinski definition) is 3. The number of amides is 2. The molecule has 0 aliphatic carbocycles. The molecule has 1 aliphatic rings. The van der Waals surface area contributed by atoms with Crippen molar-refractivity contribution in [3.8, 4) is 5.75 Å². The second kappa shape index (κ2) is 5.77. The number of nitrogens with one attached hydrogen (secondary N) is 1. The first-order valence-electron chi connectivity index (χ1n) is 6.80. The van der Waals surface area contributed by atoms with Crippen LogP contribution in [0.3, 0.4) is 0 Å². The van der Waals surface area contributed by atoms with Crippen LogP contribution in [0.2, 0.25) is 0 Å². The molecule has 1 N–H and O–H groups in total. The van der Waals surface area contributed by atoms with Gasteiger partial charge in [0.2, 0.25) is 0 Å². The number of methoxy groups -OCH3 is 1. The number of hydrogen-bond donors (Lipinski definition) is 1. The maximum absolute atomic E-state index is 13.1. The van der Waals surface area contributed by atoms with E-state index in [0.29, 0.717) is 23.5 Å². The monoisotopic (exact) mass is 342 g/mol. The molecule has 2 aromatic rings. The Balaban J connectivity index is 1.94. The zero-order chi connectivity index (χ0) is 16.6. The topological polar surface area (TPSA) is 41.6 Å². The molecule has 23 heavy (non-hydrogen) atoms. The third kappa shape index (κ3) is 2.98. The molecule has 122 valence electrons. The SMILES string of the molecule is COc1cc2c(cc1C(F)(F)F)N(C(=O)Nc1cccs1)CC2. The van der Waals surface area contributed by atoms with Crippen molar-refractivity contribution in [2.75, 3.05) is 23.9 Å². The standard InChI is InChI=1S/C15H13F3N2O2S/c1-22-12-7-9-4-5-20(11(9)8-10(12)15(16,17)18)14(21)19-13-3-2-6-23-13/h2-3,6-8H,4-5H2,1H3,(H,19,21). The highest BCUT2D eigenvalue weighted by molar-refractivity contribution is 7.14. The minimum Gasteiger partial charge on any atom is -0.496 e. The highest BCUT2D eigenvalue weighted by atomic mass is 32.1. The number of ether oxygens (including phenoxy) is 1. The van der Waals surface area contributed by atoms with Gasteiger partial charge in [0, 0.05) is 12.2 Å². The van der Waals surface area contributed by atoms with Crippen LogP contribution in [0.15, 0.2) is 29.6 Å². The van der Waals surface area contributed by atoms with Gasteiger partial charge in [0.25, 0.3) is 0 Å². The molecule has 1 aliphatic heterocycles. The van der Waals surface area contributed by atoms with E-state index in [1.165, 1.54) is 29.4 Å². The van der Waals surface area contributed by atoms with Crippen LogP contribution in [0.1, 0.15) is 11.1 Å². The minimum absolute atomic E-state index is 0.225. The highest BCUT2D eigenvalue weighted by Gasteiger charge is 2.37. The average Bonchev–Trinajstić information content (AvgIpc) is 3.13. The van der Waals surface area contributed by atoms with Gasteiger partial charge in [0.1, 0.15) is 5.75 Å². The molecular formula is C15H13F3N2O2S. The molecule has 8 heteroatoms. The van der Waals surface area contributed by atoms with Crippen molar-refractivity contribution >= 4 is 28.1 Å². The maximum atomic E-state index is 13.1. The van der Waals surface area contributed by atoms with Gasteiger partial charge in [-0.3, -0.25) is 10.2 Å². The van der Waals surface area contributed by atoms with Crippen molar-refractivity contribution in [1.82, 2.24) is 0 Å². The smallest absolute Gasteiger partial charge is 0.420 e. The number of thiophene rings is 1. The van der Waals surface area contributed by atoms with Gasteiger partial charge >= 0.3 is 12.2 Å². The fourth-order valence-corrected chi connectivity index (χ4v) is 3.15. The zero-order valence-corrected chi connectivity index (χ0v) is 12.9. The Morgan fingerprint density at radius 2 is 2.17 bits per heavy atom. The van der Waals surface area contributed by atoms with E-state index < -0.39 is 17.8 Å². The number of carbonyl (C=O) groups excluding carboxylic acids is 1. The summed E-state index contributed by atoms with van der Waals surface area (Å²) in [5.74, 6) is -0.225. The lowest BCUT2D eigenvalue weighted by Crippen LogP contribution is -2.33. The molecule has 0 fully saturated rings. The number of urea groups is 1. The zero-order valence-electron chi connectivity index (χ0n) is 12.1. The number of alkyl halides is 3. The number of anilines is 2. The quantitative estimate of drug-likeness (QED) is 0.880. The molecule has 2 amide bonds. The second-order valence-electron chi connectivity index (χ2n) is 4.99. The first-order valence-corrected chi connectivity index (χ1v) is 7.68. The molecular weight excluding hydrogens is 329 g/mol. The number of benzene rings is 1. The van der Waals surface area contributed by atoms with Gasteiger partial charge in [-0.25, -0.2) is 4.79 Å². The Morgan fingerprint density at radius 1 is 1.39 bits per heavy atom. The van der Waals surface area contributed by atoms with Crippen LogP contribution in [0.25, 0.3) is 0 Å². The second-order valence-corrected chi connectivity index (χ2v) is 5.94. The van der Waals surface area contributed by atoms with E-state index in [4.69, 9.17) is 4.74 Å². The number of rotatable bonds is 2. The van der Waals surface area contributed by atoms with Crippen LogP contribution in [-0.4, -0.2) is 19.7 Å². The van der Waals surface area contributed by atoms with Gasteiger partial charge in [-0.2, -0.15) is 13.2 Å². The van der Waals surface area contributed by atoms with Crippen LogP contribution < -0.4 is 15.0 Å². The summed E-state index contributed by atoms with van der Waals surface area (Å²) >= 11 is 1.35. The van der Waals surface area contributed by atoms with Gasteiger partial charge in [0.15, 0.2) is 0 Å². The number of halogens is 3. The Bertz CT molecular complexity index is 729. The first-order chi connectivity index (χ1) is 10.9. The van der Waals surface area contributed by atoms with E-state index in [1.807, 2.05) is 0 Å². The first kappa shape index (κ1) is 15.7. The molecule has 0 atom stereocenters. The van der Waals surface area contributed by atoms with E-state index in [1.54, 1.807) is 17.5 Å². The lowest BCUT2D eigenvalue weighted by Gasteiger charge is -2.20. The molecule has 1 aromatic heterocycles. The summed E-state index contributed by atoms with van der Waals surface area (Å²) in [6.45, 7) is 0.330. The Morgan fingerprint density at radius 3 is 2.78 bits per heavy atom. The van der Waals surface area contributed by atoms with Gasteiger partial charge < -0.3 is 4.74 Å². The summed E-state index contributed by atoms with van der Waals surface area (Å²) < 4.78 is 44.3. The van der Waals surface area contributed by atoms with E-state index in [9.17, 15) is 18.0 Å². The van der Waals surface area contributed by atoms with Gasteiger partial charge in [-0.1, -0.05) is 0 Å². The van der Waals surface area contributed by atoms with E-state index in [2.05, 4.69) is 5.32 Å². The van der Waals surface area contributed by atoms with Crippen molar-refractivity contribution in [1.29, 1.82) is 0 Å². The molecule has 2 heterocycles.